The second-order valence-corrected chi connectivity index (χ2v) is 6.46. The molecule has 1 aromatic rings. The van der Waals surface area contributed by atoms with Crippen molar-refractivity contribution in [2.45, 2.75) is 56.6 Å². The fraction of sp³-hybridized carbons (Fsp3) is 0.588. The summed E-state index contributed by atoms with van der Waals surface area (Å²) in [6.07, 6.45) is 5.59. The molecular formula is C17H22FNO2. The first-order valence-corrected chi connectivity index (χ1v) is 7.84. The Kier molecular flexibility index (Phi) is 3.98. The molecule has 0 spiro atoms. The fourth-order valence-corrected chi connectivity index (χ4v) is 3.38. The van der Waals surface area contributed by atoms with Gasteiger partial charge in [0.1, 0.15) is 5.82 Å². The van der Waals surface area contributed by atoms with Crippen LogP contribution < -0.4 is 5.32 Å². The molecule has 1 amide bonds. The highest BCUT2D eigenvalue weighted by Crippen LogP contribution is 2.45. The standard InChI is InChI=1S/C17H22FNO2/c18-14-6-3-5-13(11-14)17(8-9-17)19-16(21)10-12-4-1-2-7-15(12)20/h3,5-6,11-12,15,20H,1-2,4,7-10H2,(H,19,21)/t12-,15+/m1/s1. The van der Waals surface area contributed by atoms with Crippen LogP contribution in [-0.2, 0) is 10.3 Å². The number of benzene rings is 1. The van der Waals surface area contributed by atoms with E-state index in [-0.39, 0.29) is 29.3 Å². The first-order valence-electron chi connectivity index (χ1n) is 7.84. The minimum absolute atomic E-state index is 0.0253. The molecule has 0 unspecified atom stereocenters. The first kappa shape index (κ1) is 14.5. The average molecular weight is 291 g/mol. The zero-order valence-corrected chi connectivity index (χ0v) is 12.1. The van der Waals surface area contributed by atoms with Gasteiger partial charge >= 0.3 is 0 Å². The molecule has 2 fully saturated rings. The molecule has 114 valence electrons. The third-order valence-corrected chi connectivity index (χ3v) is 4.82. The number of carbonyl (C=O) groups is 1. The van der Waals surface area contributed by atoms with Crippen LogP contribution in [0.1, 0.15) is 50.5 Å². The van der Waals surface area contributed by atoms with E-state index in [9.17, 15) is 14.3 Å². The number of carbonyl (C=O) groups excluding carboxylic acids is 1. The highest BCUT2D eigenvalue weighted by molar-refractivity contribution is 5.78. The average Bonchev–Trinajstić information content (AvgIpc) is 3.22. The Morgan fingerprint density at radius 3 is 2.76 bits per heavy atom. The monoisotopic (exact) mass is 291 g/mol. The maximum atomic E-state index is 13.3. The summed E-state index contributed by atoms with van der Waals surface area (Å²) in [6.45, 7) is 0. The molecule has 2 saturated carbocycles. The number of hydrogen-bond acceptors (Lipinski definition) is 2. The van der Waals surface area contributed by atoms with Gasteiger partial charge < -0.3 is 10.4 Å². The van der Waals surface area contributed by atoms with Gasteiger partial charge in [0.25, 0.3) is 0 Å². The predicted molar refractivity (Wildman–Crippen MR) is 78.0 cm³/mol. The summed E-state index contributed by atoms with van der Waals surface area (Å²) in [5.41, 5.74) is 0.471. The van der Waals surface area contributed by atoms with Gasteiger partial charge in [-0.25, -0.2) is 4.39 Å². The van der Waals surface area contributed by atoms with Crippen molar-refractivity contribution in [3.8, 4) is 0 Å². The molecule has 0 heterocycles. The van der Waals surface area contributed by atoms with Crippen molar-refractivity contribution in [3.05, 3.63) is 35.6 Å². The summed E-state index contributed by atoms with van der Waals surface area (Å²) < 4.78 is 13.3. The lowest BCUT2D eigenvalue weighted by Crippen LogP contribution is -2.38. The highest BCUT2D eigenvalue weighted by Gasteiger charge is 2.46. The molecule has 2 aliphatic carbocycles. The van der Waals surface area contributed by atoms with Crippen molar-refractivity contribution in [1.82, 2.24) is 5.32 Å². The third-order valence-electron chi connectivity index (χ3n) is 4.82. The molecule has 3 rings (SSSR count). The summed E-state index contributed by atoms with van der Waals surface area (Å²) in [7, 11) is 0. The van der Waals surface area contributed by atoms with E-state index in [0.29, 0.717) is 6.42 Å². The Morgan fingerprint density at radius 2 is 2.10 bits per heavy atom. The van der Waals surface area contributed by atoms with Crippen LogP contribution in [-0.4, -0.2) is 17.1 Å². The smallest absolute Gasteiger partial charge is 0.221 e. The van der Waals surface area contributed by atoms with Gasteiger partial charge in [0.15, 0.2) is 0 Å². The summed E-state index contributed by atoms with van der Waals surface area (Å²) in [6, 6.07) is 6.47. The lowest BCUT2D eigenvalue weighted by atomic mass is 9.84. The predicted octanol–water partition coefficient (Wildman–Crippen LogP) is 2.87. The summed E-state index contributed by atoms with van der Waals surface area (Å²) in [5, 5.41) is 13.0. The van der Waals surface area contributed by atoms with Crippen LogP contribution in [0.15, 0.2) is 24.3 Å². The molecule has 1 aromatic carbocycles. The van der Waals surface area contributed by atoms with Crippen molar-refractivity contribution in [2.24, 2.45) is 5.92 Å². The van der Waals surface area contributed by atoms with E-state index in [1.165, 1.54) is 12.1 Å². The largest absolute Gasteiger partial charge is 0.393 e. The molecule has 2 atom stereocenters. The number of amides is 1. The van der Waals surface area contributed by atoms with Crippen LogP contribution in [0.4, 0.5) is 4.39 Å². The van der Waals surface area contributed by atoms with Gasteiger partial charge in [0.05, 0.1) is 11.6 Å². The van der Waals surface area contributed by atoms with E-state index in [0.717, 1.165) is 44.1 Å². The van der Waals surface area contributed by atoms with Crippen LogP contribution in [0.2, 0.25) is 0 Å². The minimum Gasteiger partial charge on any atom is -0.393 e. The Labute approximate surface area is 124 Å². The molecule has 0 aliphatic heterocycles. The number of nitrogens with one attached hydrogen (secondary N) is 1. The second-order valence-electron chi connectivity index (χ2n) is 6.46. The highest BCUT2D eigenvalue weighted by atomic mass is 19.1. The first-order chi connectivity index (χ1) is 10.1. The van der Waals surface area contributed by atoms with Gasteiger partial charge in [0, 0.05) is 6.42 Å². The molecule has 2 aliphatic rings. The molecular weight excluding hydrogens is 269 g/mol. The van der Waals surface area contributed by atoms with Gasteiger partial charge in [-0.2, -0.15) is 0 Å². The zero-order valence-electron chi connectivity index (χ0n) is 12.1. The molecule has 2 N–H and O–H groups in total. The van der Waals surface area contributed by atoms with Crippen molar-refractivity contribution in [3.63, 3.8) is 0 Å². The minimum atomic E-state index is -0.376. The van der Waals surface area contributed by atoms with E-state index in [1.807, 2.05) is 6.07 Å². The number of halogens is 1. The fourth-order valence-electron chi connectivity index (χ4n) is 3.38. The maximum absolute atomic E-state index is 13.3. The second kappa shape index (κ2) is 5.76. The quantitative estimate of drug-likeness (QED) is 0.896. The number of aliphatic hydroxyl groups is 1. The Balaban J connectivity index is 1.62. The molecule has 0 aromatic heterocycles. The van der Waals surface area contributed by atoms with Crippen LogP contribution in [0, 0.1) is 11.7 Å². The topological polar surface area (TPSA) is 49.3 Å². The molecule has 4 heteroatoms. The van der Waals surface area contributed by atoms with Crippen molar-refractivity contribution < 1.29 is 14.3 Å². The lowest BCUT2D eigenvalue weighted by Gasteiger charge is -2.28. The molecule has 0 bridgehead atoms. The molecule has 3 nitrogen and oxygen atoms in total. The van der Waals surface area contributed by atoms with Gasteiger partial charge in [-0.15, -0.1) is 0 Å². The van der Waals surface area contributed by atoms with E-state index in [2.05, 4.69) is 5.32 Å². The van der Waals surface area contributed by atoms with Crippen molar-refractivity contribution in [1.29, 1.82) is 0 Å². The summed E-state index contributed by atoms with van der Waals surface area (Å²) >= 11 is 0. The van der Waals surface area contributed by atoms with Crippen LogP contribution >= 0.6 is 0 Å². The maximum Gasteiger partial charge on any atom is 0.221 e. The summed E-state index contributed by atoms with van der Waals surface area (Å²) in [5.74, 6) is -0.222. The number of rotatable bonds is 4. The van der Waals surface area contributed by atoms with E-state index < -0.39 is 0 Å². The summed E-state index contributed by atoms with van der Waals surface area (Å²) in [4.78, 5) is 12.3. The zero-order chi connectivity index (χ0) is 14.9. The van der Waals surface area contributed by atoms with Gasteiger partial charge in [-0.1, -0.05) is 25.0 Å². The number of hydrogen-bond donors (Lipinski definition) is 2. The van der Waals surface area contributed by atoms with Crippen LogP contribution in [0.3, 0.4) is 0 Å². The van der Waals surface area contributed by atoms with Gasteiger partial charge in [0.2, 0.25) is 5.91 Å². The third kappa shape index (κ3) is 3.26. The molecule has 0 radical (unpaired) electrons. The van der Waals surface area contributed by atoms with E-state index in [1.54, 1.807) is 6.07 Å². The number of aliphatic hydroxyl groups excluding tert-OH is 1. The van der Waals surface area contributed by atoms with Crippen LogP contribution in [0.5, 0.6) is 0 Å². The molecule has 21 heavy (non-hydrogen) atoms. The van der Waals surface area contributed by atoms with Gasteiger partial charge in [-0.05, 0) is 49.3 Å². The van der Waals surface area contributed by atoms with Crippen molar-refractivity contribution in [2.75, 3.05) is 0 Å². The van der Waals surface area contributed by atoms with E-state index in [4.69, 9.17) is 0 Å². The van der Waals surface area contributed by atoms with Crippen molar-refractivity contribution >= 4 is 5.91 Å². The Hall–Kier alpha value is -1.42. The van der Waals surface area contributed by atoms with Gasteiger partial charge in [-0.3, -0.25) is 4.79 Å². The Bertz CT molecular complexity index is 527. The Morgan fingerprint density at radius 1 is 1.33 bits per heavy atom. The van der Waals surface area contributed by atoms with E-state index >= 15 is 0 Å². The molecule has 0 saturated heterocycles. The van der Waals surface area contributed by atoms with Crippen LogP contribution in [0.25, 0.3) is 0 Å². The normalized spacial score (nSPS) is 27.1. The lowest BCUT2D eigenvalue weighted by molar-refractivity contribution is -0.124. The SMILES string of the molecule is O=C(C[C@H]1CCCC[C@@H]1O)NC1(c2cccc(F)c2)CC1.